The molecular weight excluding hydrogens is 216 g/mol. The number of nitrogens with one attached hydrogen (secondary N) is 2. The Morgan fingerprint density at radius 3 is 2.82 bits per heavy atom. The zero-order valence-electron chi connectivity index (χ0n) is 10.3. The van der Waals surface area contributed by atoms with Gasteiger partial charge >= 0.3 is 0 Å². The van der Waals surface area contributed by atoms with E-state index in [1.165, 1.54) is 5.56 Å². The lowest BCUT2D eigenvalue weighted by molar-refractivity contribution is 0.169. The molecule has 2 N–H and O–H groups in total. The van der Waals surface area contributed by atoms with Gasteiger partial charge in [0, 0.05) is 25.2 Å². The highest BCUT2D eigenvalue weighted by molar-refractivity contribution is 5.47. The summed E-state index contributed by atoms with van der Waals surface area (Å²) in [6.45, 7) is 7.17. The van der Waals surface area contributed by atoms with Crippen molar-refractivity contribution < 1.29 is 9.47 Å². The maximum atomic E-state index is 5.65. The van der Waals surface area contributed by atoms with Crippen LogP contribution in [-0.2, 0) is 6.54 Å². The van der Waals surface area contributed by atoms with Crippen LogP contribution in [0.2, 0.25) is 0 Å². The minimum atomic E-state index is 0.640. The topological polar surface area (TPSA) is 42.5 Å². The molecule has 1 aliphatic rings. The van der Waals surface area contributed by atoms with Crippen molar-refractivity contribution in [2.45, 2.75) is 13.5 Å². The number of para-hydroxylation sites is 1. The molecular formula is C13H20N2O2. The summed E-state index contributed by atoms with van der Waals surface area (Å²) in [7, 11) is 0. The van der Waals surface area contributed by atoms with Gasteiger partial charge in [0.1, 0.15) is 13.2 Å². The molecule has 4 heteroatoms. The van der Waals surface area contributed by atoms with E-state index in [1.807, 2.05) is 12.1 Å². The van der Waals surface area contributed by atoms with Crippen LogP contribution in [0.3, 0.4) is 0 Å². The molecule has 0 saturated heterocycles. The van der Waals surface area contributed by atoms with Gasteiger partial charge in [0.05, 0.1) is 0 Å². The van der Waals surface area contributed by atoms with Crippen molar-refractivity contribution in [3.05, 3.63) is 23.8 Å². The van der Waals surface area contributed by atoms with Crippen molar-refractivity contribution in [3.63, 3.8) is 0 Å². The monoisotopic (exact) mass is 236 g/mol. The van der Waals surface area contributed by atoms with Gasteiger partial charge in [-0.1, -0.05) is 19.1 Å². The first-order chi connectivity index (χ1) is 8.42. The standard InChI is InChI=1S/C13H20N2O2/c1-2-14-6-7-15-10-11-4-3-5-12-13(11)17-9-8-16-12/h3-5,14-15H,2,6-10H2,1H3. The van der Waals surface area contributed by atoms with E-state index in [0.717, 1.165) is 37.7 Å². The first-order valence-electron chi connectivity index (χ1n) is 6.20. The maximum absolute atomic E-state index is 5.65. The predicted octanol–water partition coefficient (Wildman–Crippen LogP) is 1.16. The number of ether oxygens (including phenoxy) is 2. The van der Waals surface area contributed by atoms with E-state index in [1.54, 1.807) is 0 Å². The van der Waals surface area contributed by atoms with Gasteiger partial charge in [-0.25, -0.2) is 0 Å². The number of likely N-dealkylation sites (N-methyl/N-ethyl adjacent to an activating group) is 1. The number of benzene rings is 1. The fourth-order valence-electron chi connectivity index (χ4n) is 1.85. The summed E-state index contributed by atoms with van der Waals surface area (Å²) in [5.74, 6) is 1.76. The summed E-state index contributed by atoms with van der Waals surface area (Å²) in [6, 6.07) is 6.04. The first kappa shape index (κ1) is 12.2. The molecule has 2 rings (SSSR count). The van der Waals surface area contributed by atoms with Gasteiger partial charge in [-0.15, -0.1) is 0 Å². The van der Waals surface area contributed by atoms with E-state index in [0.29, 0.717) is 13.2 Å². The zero-order valence-corrected chi connectivity index (χ0v) is 10.3. The molecule has 17 heavy (non-hydrogen) atoms. The Bertz CT molecular complexity index is 355. The molecule has 0 fully saturated rings. The highest BCUT2D eigenvalue weighted by Crippen LogP contribution is 2.33. The smallest absolute Gasteiger partial charge is 0.165 e. The van der Waals surface area contributed by atoms with Crippen molar-refractivity contribution in [2.24, 2.45) is 0 Å². The number of hydrogen-bond donors (Lipinski definition) is 2. The molecule has 94 valence electrons. The summed E-state index contributed by atoms with van der Waals surface area (Å²) >= 11 is 0. The minimum Gasteiger partial charge on any atom is -0.486 e. The van der Waals surface area contributed by atoms with Gasteiger partial charge in [-0.3, -0.25) is 0 Å². The molecule has 0 spiro atoms. The van der Waals surface area contributed by atoms with Crippen molar-refractivity contribution >= 4 is 0 Å². The Kier molecular flexibility index (Phi) is 4.64. The van der Waals surface area contributed by atoms with Gasteiger partial charge in [0.25, 0.3) is 0 Å². The molecule has 1 aromatic carbocycles. The molecule has 4 nitrogen and oxygen atoms in total. The molecule has 1 heterocycles. The van der Waals surface area contributed by atoms with Gasteiger partial charge in [0.15, 0.2) is 11.5 Å². The van der Waals surface area contributed by atoms with Gasteiger partial charge < -0.3 is 20.1 Å². The van der Waals surface area contributed by atoms with Gasteiger partial charge in [-0.05, 0) is 12.6 Å². The quantitative estimate of drug-likeness (QED) is 0.727. The molecule has 0 aliphatic carbocycles. The lowest BCUT2D eigenvalue weighted by atomic mass is 10.1. The zero-order chi connectivity index (χ0) is 11.9. The summed E-state index contributed by atoms with van der Waals surface area (Å²) < 4.78 is 11.2. The van der Waals surface area contributed by atoms with E-state index in [9.17, 15) is 0 Å². The van der Waals surface area contributed by atoms with Crippen LogP contribution < -0.4 is 20.1 Å². The molecule has 0 saturated carbocycles. The lowest BCUT2D eigenvalue weighted by Gasteiger charge is -2.21. The molecule has 0 radical (unpaired) electrons. The summed E-state index contributed by atoms with van der Waals surface area (Å²) in [4.78, 5) is 0. The molecule has 0 bridgehead atoms. The Balaban J connectivity index is 1.87. The number of hydrogen-bond acceptors (Lipinski definition) is 4. The van der Waals surface area contributed by atoms with E-state index >= 15 is 0 Å². The predicted molar refractivity (Wildman–Crippen MR) is 67.7 cm³/mol. The fourth-order valence-corrected chi connectivity index (χ4v) is 1.85. The van der Waals surface area contributed by atoms with Crippen LogP contribution in [0.1, 0.15) is 12.5 Å². The van der Waals surface area contributed by atoms with Crippen molar-refractivity contribution in [2.75, 3.05) is 32.8 Å². The normalized spacial score (nSPS) is 13.7. The number of fused-ring (bicyclic) bond motifs is 1. The molecule has 0 aromatic heterocycles. The maximum Gasteiger partial charge on any atom is 0.165 e. The molecule has 1 aliphatic heterocycles. The lowest BCUT2D eigenvalue weighted by Crippen LogP contribution is -2.27. The Morgan fingerprint density at radius 2 is 1.94 bits per heavy atom. The van der Waals surface area contributed by atoms with Crippen molar-refractivity contribution in [3.8, 4) is 11.5 Å². The SMILES string of the molecule is CCNCCNCc1cccc2c1OCCO2. The Labute approximate surface area is 102 Å². The average Bonchev–Trinajstić information content (AvgIpc) is 2.39. The van der Waals surface area contributed by atoms with Crippen LogP contribution >= 0.6 is 0 Å². The fraction of sp³-hybridized carbons (Fsp3) is 0.538. The van der Waals surface area contributed by atoms with Crippen LogP contribution in [0.25, 0.3) is 0 Å². The largest absolute Gasteiger partial charge is 0.486 e. The van der Waals surface area contributed by atoms with Crippen LogP contribution in [-0.4, -0.2) is 32.8 Å². The third-order valence-electron chi connectivity index (χ3n) is 2.69. The Hall–Kier alpha value is -1.26. The minimum absolute atomic E-state index is 0.640. The molecule has 0 unspecified atom stereocenters. The van der Waals surface area contributed by atoms with Gasteiger partial charge in [0.2, 0.25) is 0 Å². The first-order valence-corrected chi connectivity index (χ1v) is 6.20. The van der Waals surface area contributed by atoms with E-state index in [-0.39, 0.29) is 0 Å². The summed E-state index contributed by atoms with van der Waals surface area (Å²) in [5.41, 5.74) is 1.17. The molecule has 0 amide bonds. The number of rotatable bonds is 6. The average molecular weight is 236 g/mol. The van der Waals surface area contributed by atoms with Crippen LogP contribution in [0.5, 0.6) is 11.5 Å². The second kappa shape index (κ2) is 6.47. The molecule has 1 aromatic rings. The second-order valence-electron chi connectivity index (χ2n) is 3.97. The van der Waals surface area contributed by atoms with Crippen LogP contribution in [0, 0.1) is 0 Å². The summed E-state index contributed by atoms with van der Waals surface area (Å²) in [6.07, 6.45) is 0. The highest BCUT2D eigenvalue weighted by atomic mass is 16.6. The van der Waals surface area contributed by atoms with E-state index < -0.39 is 0 Å². The second-order valence-corrected chi connectivity index (χ2v) is 3.97. The van der Waals surface area contributed by atoms with Crippen LogP contribution in [0.15, 0.2) is 18.2 Å². The third-order valence-corrected chi connectivity index (χ3v) is 2.69. The third kappa shape index (κ3) is 3.35. The summed E-state index contributed by atoms with van der Waals surface area (Å²) in [5, 5.41) is 6.67. The van der Waals surface area contributed by atoms with Crippen molar-refractivity contribution in [1.82, 2.24) is 10.6 Å². The van der Waals surface area contributed by atoms with E-state index in [4.69, 9.17) is 9.47 Å². The highest BCUT2D eigenvalue weighted by Gasteiger charge is 2.14. The van der Waals surface area contributed by atoms with Crippen LogP contribution in [0.4, 0.5) is 0 Å². The van der Waals surface area contributed by atoms with Gasteiger partial charge in [-0.2, -0.15) is 0 Å². The van der Waals surface area contributed by atoms with Crippen molar-refractivity contribution in [1.29, 1.82) is 0 Å². The molecule has 0 atom stereocenters. The van der Waals surface area contributed by atoms with E-state index in [2.05, 4.69) is 23.6 Å². The Morgan fingerprint density at radius 1 is 1.12 bits per heavy atom.